The highest BCUT2D eigenvalue weighted by atomic mass is 31.2. The second kappa shape index (κ2) is 14.4. The zero-order valence-electron chi connectivity index (χ0n) is 11.8. The average molecular weight is 432 g/mol. The Bertz CT molecular complexity index is 463. The van der Waals surface area contributed by atoms with E-state index >= 15 is 0 Å². The van der Waals surface area contributed by atoms with Crippen LogP contribution < -0.4 is 20.0 Å². The largest absolute Gasteiger partial charge is 0.779 e. The van der Waals surface area contributed by atoms with E-state index in [0.29, 0.717) is 0 Å². The van der Waals surface area contributed by atoms with Crippen LogP contribution in [0.15, 0.2) is 0 Å². The van der Waals surface area contributed by atoms with Gasteiger partial charge in [0.15, 0.2) is 0 Å². The van der Waals surface area contributed by atoms with Crippen molar-refractivity contribution in [3.63, 3.8) is 0 Å². The highest BCUT2D eigenvalue weighted by Crippen LogP contribution is 2.39. The third kappa shape index (κ3) is 22.3. The smallest absolute Gasteiger partial charge is 0.268 e. The SMILES string of the molecule is C.C.C.CNC(COP(=O)([O-])O)COP(=O)([O-])OCCOP(C)(=O)[O-]. The number of phosphoric acid groups is 2. The van der Waals surface area contributed by atoms with Gasteiger partial charge in [-0.25, -0.2) is 0 Å². The molecule has 2 N–H and O–H groups in total. The molecule has 12 nitrogen and oxygen atoms in total. The number of hydrogen-bond donors (Lipinski definition) is 2. The standard InChI is InChI=1S/C7H20NO11P3.3CH4/c1-8-7(5-18-21(11,12)13)6-19-22(14,15)17-4-3-16-20(2,9)10;;;/h7-8H,3-6H2,1-2H3,(H,9,10)(H,14,15)(H2,11,12,13);3*1H4/p-3. The number of rotatable bonds is 12. The van der Waals surface area contributed by atoms with Crippen molar-refractivity contribution in [3.8, 4) is 0 Å². The Morgan fingerprint density at radius 3 is 1.76 bits per heavy atom. The van der Waals surface area contributed by atoms with Crippen LogP contribution >= 0.6 is 23.2 Å². The quantitative estimate of drug-likeness (QED) is 0.302. The Labute approximate surface area is 149 Å². The third-order valence-electron chi connectivity index (χ3n) is 1.94. The molecule has 0 saturated heterocycles. The molecule has 0 amide bonds. The molecule has 0 aromatic rings. The minimum absolute atomic E-state index is 0. The summed E-state index contributed by atoms with van der Waals surface area (Å²) in [6.07, 6.45) is 0. The third-order valence-corrected chi connectivity index (χ3v) is 4.03. The van der Waals surface area contributed by atoms with Gasteiger partial charge in [-0.2, -0.15) is 0 Å². The van der Waals surface area contributed by atoms with Crippen LogP contribution in [0.4, 0.5) is 0 Å². The van der Waals surface area contributed by atoms with Crippen molar-refractivity contribution in [2.24, 2.45) is 0 Å². The van der Waals surface area contributed by atoms with Gasteiger partial charge >= 0.3 is 0 Å². The first-order chi connectivity index (χ1) is 9.85. The summed E-state index contributed by atoms with van der Waals surface area (Å²) in [4.78, 5) is 40.8. The van der Waals surface area contributed by atoms with Gasteiger partial charge in [0, 0.05) is 6.66 Å². The van der Waals surface area contributed by atoms with E-state index in [0.717, 1.165) is 6.66 Å². The Balaban J connectivity index is -0.000000735. The van der Waals surface area contributed by atoms with Crippen molar-refractivity contribution in [1.29, 1.82) is 0 Å². The average Bonchev–Trinajstić information content (AvgIpc) is 2.32. The van der Waals surface area contributed by atoms with Crippen molar-refractivity contribution in [3.05, 3.63) is 0 Å². The van der Waals surface area contributed by atoms with Crippen LogP contribution in [0.5, 0.6) is 0 Å². The van der Waals surface area contributed by atoms with Crippen LogP contribution in [-0.2, 0) is 31.8 Å². The minimum atomic E-state index is -4.93. The van der Waals surface area contributed by atoms with Crippen LogP contribution in [0.3, 0.4) is 0 Å². The zero-order chi connectivity index (χ0) is 17.4. The van der Waals surface area contributed by atoms with Crippen LogP contribution in [0.25, 0.3) is 0 Å². The molecule has 25 heavy (non-hydrogen) atoms. The van der Waals surface area contributed by atoms with Gasteiger partial charge in [0.2, 0.25) is 0 Å². The molecule has 0 aliphatic rings. The minimum Gasteiger partial charge on any atom is -0.779 e. The second-order valence-electron chi connectivity index (χ2n) is 3.93. The molecule has 0 aliphatic carbocycles. The first-order valence-electron chi connectivity index (χ1n) is 5.73. The maximum atomic E-state index is 11.3. The molecule has 0 bridgehead atoms. The number of hydrogen-bond acceptors (Lipinski definition) is 11. The van der Waals surface area contributed by atoms with E-state index < -0.39 is 55.7 Å². The lowest BCUT2D eigenvalue weighted by Crippen LogP contribution is -2.35. The van der Waals surface area contributed by atoms with E-state index in [1.54, 1.807) is 0 Å². The fourth-order valence-corrected chi connectivity index (χ4v) is 2.48. The maximum absolute atomic E-state index is 11.3. The fourth-order valence-electron chi connectivity index (χ4n) is 0.970. The molecule has 0 fully saturated rings. The summed E-state index contributed by atoms with van der Waals surface area (Å²) >= 11 is 0. The lowest BCUT2D eigenvalue weighted by atomic mass is 10.3. The van der Waals surface area contributed by atoms with Gasteiger partial charge in [0.1, 0.15) is 7.60 Å². The normalized spacial score (nSPS) is 19.0. The summed E-state index contributed by atoms with van der Waals surface area (Å²) in [6, 6.07) is -0.867. The van der Waals surface area contributed by atoms with Crippen molar-refractivity contribution >= 4 is 23.2 Å². The molecule has 0 heterocycles. The first-order valence-corrected chi connectivity index (χ1v) is 10.7. The van der Waals surface area contributed by atoms with Gasteiger partial charge in [-0.15, -0.1) is 0 Å². The molecule has 0 spiro atoms. The highest BCUT2D eigenvalue weighted by molar-refractivity contribution is 7.50. The monoisotopic (exact) mass is 432 g/mol. The Morgan fingerprint density at radius 1 is 0.920 bits per heavy atom. The predicted molar refractivity (Wildman–Crippen MR) is 87.8 cm³/mol. The van der Waals surface area contributed by atoms with Crippen LogP contribution in [0.2, 0.25) is 0 Å². The molecule has 15 heteroatoms. The van der Waals surface area contributed by atoms with E-state index in [1.807, 2.05) is 0 Å². The predicted octanol–water partition coefficient (Wildman–Crippen LogP) is -0.339. The second-order valence-corrected chi connectivity index (χ2v) is 8.34. The number of phosphoric ester groups is 2. The lowest BCUT2D eigenvalue weighted by molar-refractivity contribution is -0.228. The first kappa shape index (κ1) is 33.0. The van der Waals surface area contributed by atoms with E-state index in [4.69, 9.17) is 4.89 Å². The molecule has 4 atom stereocenters. The van der Waals surface area contributed by atoms with E-state index in [9.17, 15) is 28.4 Å². The summed E-state index contributed by atoms with van der Waals surface area (Å²) < 4.78 is 49.5. The van der Waals surface area contributed by atoms with Crippen LogP contribution in [0.1, 0.15) is 22.3 Å². The van der Waals surface area contributed by atoms with Gasteiger partial charge in [-0.1, -0.05) is 22.3 Å². The molecule has 0 rings (SSSR count). The molecule has 0 saturated carbocycles. The molecule has 4 unspecified atom stereocenters. The highest BCUT2D eigenvalue weighted by Gasteiger charge is 2.16. The summed E-state index contributed by atoms with van der Waals surface area (Å²) in [7, 11) is -12.3. The topological polar surface area (TPSA) is 190 Å². The molecule has 0 aromatic carbocycles. The van der Waals surface area contributed by atoms with Gasteiger partial charge in [-0.3, -0.25) is 9.13 Å². The van der Waals surface area contributed by atoms with Crippen molar-refractivity contribution in [2.75, 3.05) is 40.1 Å². The Morgan fingerprint density at radius 2 is 1.36 bits per heavy atom. The van der Waals surface area contributed by atoms with Crippen LogP contribution in [-0.4, -0.2) is 51.1 Å². The molecule has 158 valence electrons. The number of likely N-dealkylation sites (N-methyl/N-ethyl adjacent to an activating group) is 1. The Kier molecular flexibility index (Phi) is 19.0. The van der Waals surface area contributed by atoms with E-state index in [2.05, 4.69) is 23.4 Å². The Hall–Kier alpha value is 0.330. The summed E-state index contributed by atoms with van der Waals surface area (Å²) in [6.45, 7) is -1.37. The summed E-state index contributed by atoms with van der Waals surface area (Å²) in [5.41, 5.74) is 0. The molecule has 0 aromatic heterocycles. The maximum Gasteiger partial charge on any atom is 0.268 e. The van der Waals surface area contributed by atoms with Crippen LogP contribution in [0, 0.1) is 0 Å². The zero-order valence-corrected chi connectivity index (χ0v) is 14.5. The number of nitrogens with one attached hydrogen (secondary N) is 1. The van der Waals surface area contributed by atoms with E-state index in [1.165, 1.54) is 7.05 Å². The molecule has 0 radical (unpaired) electrons. The molecule has 0 aliphatic heterocycles. The van der Waals surface area contributed by atoms with Gasteiger partial charge in [-0.05, 0) is 7.05 Å². The van der Waals surface area contributed by atoms with E-state index in [-0.39, 0.29) is 22.3 Å². The van der Waals surface area contributed by atoms with Gasteiger partial charge < -0.3 is 47.6 Å². The van der Waals surface area contributed by atoms with Crippen molar-refractivity contribution in [2.45, 2.75) is 28.3 Å². The van der Waals surface area contributed by atoms with Gasteiger partial charge in [0.05, 0.1) is 32.5 Å². The van der Waals surface area contributed by atoms with Crippen molar-refractivity contribution in [1.82, 2.24) is 5.32 Å². The molecular weight excluding hydrogens is 403 g/mol. The van der Waals surface area contributed by atoms with Gasteiger partial charge in [0.25, 0.3) is 15.6 Å². The summed E-state index contributed by atoms with van der Waals surface area (Å²) in [5, 5.41) is 2.49. The summed E-state index contributed by atoms with van der Waals surface area (Å²) in [5.74, 6) is 0. The molecular formula is C10H29NO11P3-3. The van der Waals surface area contributed by atoms with Crippen molar-refractivity contribution < 1.29 is 51.4 Å². The fraction of sp³-hybridized carbons (Fsp3) is 1.00. The lowest BCUT2D eigenvalue weighted by Gasteiger charge is -2.27.